The van der Waals surface area contributed by atoms with Crippen molar-refractivity contribution in [2.75, 3.05) is 33.9 Å². The third-order valence-electron chi connectivity index (χ3n) is 6.14. The summed E-state index contributed by atoms with van der Waals surface area (Å²) in [6.45, 7) is 1.78. The van der Waals surface area contributed by atoms with E-state index in [1.807, 2.05) is 17.0 Å². The fourth-order valence-electron chi connectivity index (χ4n) is 4.43. The number of hydrogen-bond donors (Lipinski definition) is 0. The molecule has 0 spiro atoms. The molecule has 1 unspecified atom stereocenters. The number of rotatable bonds is 5. The number of hydrogen-bond acceptors (Lipinski definition) is 5. The molecule has 0 aromatic heterocycles. The first-order chi connectivity index (χ1) is 14.9. The SMILES string of the molecule is COc1cc2c(cc1OC)CN(C(=O)C1CCCN(S(=O)(=O)c3ccccc3)C1)CC2. The molecule has 0 bridgehead atoms. The number of amides is 1. The summed E-state index contributed by atoms with van der Waals surface area (Å²) in [6, 6.07) is 12.3. The van der Waals surface area contributed by atoms with Crippen molar-refractivity contribution in [1.82, 2.24) is 9.21 Å². The van der Waals surface area contributed by atoms with Gasteiger partial charge >= 0.3 is 0 Å². The molecular formula is C23H28N2O5S. The first-order valence-corrected chi connectivity index (χ1v) is 12.0. The summed E-state index contributed by atoms with van der Waals surface area (Å²) < 4.78 is 38.3. The molecule has 1 saturated heterocycles. The Morgan fingerprint density at radius 3 is 2.35 bits per heavy atom. The van der Waals surface area contributed by atoms with Gasteiger partial charge in [0.15, 0.2) is 11.5 Å². The highest BCUT2D eigenvalue weighted by Gasteiger charge is 2.36. The molecule has 1 fully saturated rings. The van der Waals surface area contributed by atoms with Gasteiger partial charge in [0, 0.05) is 26.2 Å². The zero-order chi connectivity index (χ0) is 22.0. The highest BCUT2D eigenvalue weighted by atomic mass is 32.2. The van der Waals surface area contributed by atoms with Crippen LogP contribution in [-0.4, -0.2) is 57.4 Å². The zero-order valence-corrected chi connectivity index (χ0v) is 18.7. The lowest BCUT2D eigenvalue weighted by Gasteiger charge is -2.36. The van der Waals surface area contributed by atoms with E-state index in [1.165, 1.54) is 4.31 Å². The molecule has 0 saturated carbocycles. The van der Waals surface area contributed by atoms with Gasteiger partial charge in [-0.25, -0.2) is 8.42 Å². The van der Waals surface area contributed by atoms with Gasteiger partial charge in [0.25, 0.3) is 0 Å². The topological polar surface area (TPSA) is 76.2 Å². The second-order valence-electron chi connectivity index (χ2n) is 8.00. The summed E-state index contributed by atoms with van der Waals surface area (Å²) in [4.78, 5) is 15.4. The van der Waals surface area contributed by atoms with Crippen molar-refractivity contribution in [3.8, 4) is 11.5 Å². The molecular weight excluding hydrogens is 416 g/mol. The molecule has 0 aliphatic carbocycles. The fourth-order valence-corrected chi connectivity index (χ4v) is 5.98. The maximum Gasteiger partial charge on any atom is 0.243 e. The molecule has 2 aliphatic rings. The Labute approximate surface area is 183 Å². The van der Waals surface area contributed by atoms with Crippen LogP contribution < -0.4 is 9.47 Å². The number of fused-ring (bicyclic) bond motifs is 1. The van der Waals surface area contributed by atoms with Crippen LogP contribution in [-0.2, 0) is 27.8 Å². The van der Waals surface area contributed by atoms with Gasteiger partial charge in [-0.1, -0.05) is 18.2 Å². The Bertz CT molecular complexity index is 1060. The molecule has 0 N–H and O–H groups in total. The van der Waals surface area contributed by atoms with Crippen LogP contribution in [0.1, 0.15) is 24.0 Å². The number of carbonyl (C=O) groups excluding carboxylic acids is 1. The Morgan fingerprint density at radius 1 is 1.00 bits per heavy atom. The summed E-state index contributed by atoms with van der Waals surface area (Å²) in [5.41, 5.74) is 2.19. The van der Waals surface area contributed by atoms with Crippen molar-refractivity contribution in [3.05, 3.63) is 53.6 Å². The summed E-state index contributed by atoms with van der Waals surface area (Å²) in [7, 11) is -0.383. The van der Waals surface area contributed by atoms with Gasteiger partial charge in [0.2, 0.25) is 15.9 Å². The van der Waals surface area contributed by atoms with Crippen LogP contribution in [0.5, 0.6) is 11.5 Å². The Morgan fingerprint density at radius 2 is 1.68 bits per heavy atom. The van der Waals surface area contributed by atoms with Crippen molar-refractivity contribution < 1.29 is 22.7 Å². The highest BCUT2D eigenvalue weighted by Crippen LogP contribution is 2.34. The van der Waals surface area contributed by atoms with Crippen LogP contribution in [0.4, 0.5) is 0 Å². The lowest BCUT2D eigenvalue weighted by Crippen LogP contribution is -2.47. The van der Waals surface area contributed by atoms with Crippen molar-refractivity contribution in [2.45, 2.75) is 30.7 Å². The lowest BCUT2D eigenvalue weighted by atomic mass is 9.94. The molecule has 166 valence electrons. The number of carbonyl (C=O) groups is 1. The molecule has 31 heavy (non-hydrogen) atoms. The number of nitrogens with zero attached hydrogens (tertiary/aromatic N) is 2. The van der Waals surface area contributed by atoms with Gasteiger partial charge in [0.1, 0.15) is 0 Å². The third kappa shape index (κ3) is 4.27. The fraction of sp³-hybridized carbons (Fsp3) is 0.435. The molecule has 1 atom stereocenters. The minimum Gasteiger partial charge on any atom is -0.493 e. The minimum atomic E-state index is -3.59. The van der Waals surface area contributed by atoms with Crippen molar-refractivity contribution in [3.63, 3.8) is 0 Å². The van der Waals surface area contributed by atoms with E-state index in [1.54, 1.807) is 44.6 Å². The number of methoxy groups -OCH3 is 2. The smallest absolute Gasteiger partial charge is 0.243 e. The van der Waals surface area contributed by atoms with E-state index in [2.05, 4.69) is 0 Å². The molecule has 7 nitrogen and oxygen atoms in total. The van der Waals surface area contributed by atoms with Crippen molar-refractivity contribution >= 4 is 15.9 Å². The first-order valence-electron chi connectivity index (χ1n) is 10.5. The quantitative estimate of drug-likeness (QED) is 0.709. The summed E-state index contributed by atoms with van der Waals surface area (Å²) in [5, 5.41) is 0. The van der Waals surface area contributed by atoms with Crippen LogP contribution in [0.3, 0.4) is 0 Å². The Kier molecular flexibility index (Phi) is 6.20. The average Bonchev–Trinajstić information content (AvgIpc) is 2.82. The van der Waals surface area contributed by atoms with Crippen LogP contribution in [0, 0.1) is 5.92 Å². The predicted molar refractivity (Wildman–Crippen MR) is 117 cm³/mol. The minimum absolute atomic E-state index is 0.0217. The van der Waals surface area contributed by atoms with E-state index in [-0.39, 0.29) is 23.3 Å². The predicted octanol–water partition coefficient (Wildman–Crippen LogP) is 2.69. The molecule has 2 aromatic rings. The van der Waals surface area contributed by atoms with Crippen LogP contribution >= 0.6 is 0 Å². The van der Waals surface area contributed by atoms with Gasteiger partial charge in [-0.05, 0) is 54.7 Å². The summed E-state index contributed by atoms with van der Waals surface area (Å²) >= 11 is 0. The first kappa shape index (κ1) is 21.6. The average molecular weight is 445 g/mol. The zero-order valence-electron chi connectivity index (χ0n) is 17.9. The van der Waals surface area contributed by atoms with Gasteiger partial charge in [-0.15, -0.1) is 0 Å². The Hall–Kier alpha value is -2.58. The van der Waals surface area contributed by atoms with Crippen molar-refractivity contribution in [1.29, 1.82) is 0 Å². The van der Waals surface area contributed by atoms with E-state index < -0.39 is 10.0 Å². The molecule has 8 heteroatoms. The van der Waals surface area contributed by atoms with E-state index >= 15 is 0 Å². The van der Waals surface area contributed by atoms with Crippen LogP contribution in [0.15, 0.2) is 47.4 Å². The van der Waals surface area contributed by atoms with Gasteiger partial charge in [-0.2, -0.15) is 4.31 Å². The maximum atomic E-state index is 13.3. The van der Waals surface area contributed by atoms with E-state index in [4.69, 9.17) is 9.47 Å². The van der Waals surface area contributed by atoms with Crippen LogP contribution in [0.2, 0.25) is 0 Å². The largest absolute Gasteiger partial charge is 0.493 e. The maximum absolute atomic E-state index is 13.3. The second-order valence-corrected chi connectivity index (χ2v) is 9.94. The van der Waals surface area contributed by atoms with Gasteiger partial charge < -0.3 is 14.4 Å². The standard InChI is InChI=1S/C23H28N2O5S/c1-29-21-13-17-10-12-24(15-19(17)14-22(21)30-2)23(26)18-7-6-11-25(16-18)31(27,28)20-8-4-3-5-9-20/h3-5,8-9,13-14,18H,6-7,10-12,15-16H2,1-2H3. The molecule has 2 aromatic carbocycles. The molecule has 2 heterocycles. The van der Waals surface area contributed by atoms with E-state index in [0.29, 0.717) is 44.0 Å². The molecule has 4 rings (SSSR count). The summed E-state index contributed by atoms with van der Waals surface area (Å²) in [6.07, 6.45) is 2.12. The number of piperidine rings is 1. The number of ether oxygens (including phenoxy) is 2. The van der Waals surface area contributed by atoms with Crippen molar-refractivity contribution in [2.24, 2.45) is 5.92 Å². The lowest BCUT2D eigenvalue weighted by molar-refractivity contribution is -0.137. The Balaban J connectivity index is 1.49. The second kappa shape index (κ2) is 8.88. The summed E-state index contributed by atoms with van der Waals surface area (Å²) in [5.74, 6) is 1.03. The molecule has 2 aliphatic heterocycles. The number of sulfonamides is 1. The number of benzene rings is 2. The third-order valence-corrected chi connectivity index (χ3v) is 8.02. The van der Waals surface area contributed by atoms with Gasteiger partial charge in [0.05, 0.1) is 25.0 Å². The monoisotopic (exact) mass is 444 g/mol. The normalized spacial score (nSPS) is 19.5. The molecule has 0 radical (unpaired) electrons. The van der Waals surface area contributed by atoms with E-state index in [9.17, 15) is 13.2 Å². The van der Waals surface area contributed by atoms with E-state index in [0.717, 1.165) is 17.5 Å². The molecule has 1 amide bonds. The van der Waals surface area contributed by atoms with Crippen LogP contribution in [0.25, 0.3) is 0 Å². The van der Waals surface area contributed by atoms with Gasteiger partial charge in [-0.3, -0.25) is 4.79 Å². The highest BCUT2D eigenvalue weighted by molar-refractivity contribution is 7.89.